The first kappa shape index (κ1) is 20.5. The molecule has 0 saturated heterocycles. The summed E-state index contributed by atoms with van der Waals surface area (Å²) in [4.78, 5) is 24.4. The zero-order valence-corrected chi connectivity index (χ0v) is 15.7. The highest BCUT2D eigenvalue weighted by Gasteiger charge is 2.25. The molecule has 0 radical (unpaired) electrons. The van der Waals surface area contributed by atoms with Crippen molar-refractivity contribution in [3.8, 4) is 6.07 Å². The fourth-order valence-corrected chi connectivity index (χ4v) is 2.60. The number of nitriles is 1. The molecule has 2 rings (SSSR count). The molecular weight excluding hydrogens is 391 g/mol. The van der Waals surface area contributed by atoms with E-state index in [4.69, 9.17) is 28.5 Å². The minimum Gasteiger partial charge on any atom is -0.391 e. The van der Waals surface area contributed by atoms with Gasteiger partial charge in [-0.05, 0) is 31.2 Å². The highest BCUT2D eigenvalue weighted by molar-refractivity contribution is 6.44. The monoisotopic (exact) mass is 406 g/mol. The predicted octanol–water partition coefficient (Wildman–Crippen LogP) is 2.49. The van der Waals surface area contributed by atoms with Gasteiger partial charge in [-0.2, -0.15) is 5.26 Å². The minimum absolute atomic E-state index is 0.0336. The van der Waals surface area contributed by atoms with Crippen molar-refractivity contribution in [2.24, 2.45) is 0 Å². The van der Waals surface area contributed by atoms with Crippen LogP contribution in [0.15, 0.2) is 42.5 Å². The summed E-state index contributed by atoms with van der Waals surface area (Å²) in [7, 11) is 0. The highest BCUT2D eigenvalue weighted by atomic mass is 35.5. The van der Waals surface area contributed by atoms with Gasteiger partial charge in [0.05, 0.1) is 27.4 Å². The third-order valence-corrected chi connectivity index (χ3v) is 4.50. The molecule has 2 unspecified atom stereocenters. The molecule has 0 aliphatic carbocycles. The number of hydrogen-bond donors (Lipinski definition) is 4. The van der Waals surface area contributed by atoms with Crippen molar-refractivity contribution in [3.05, 3.63) is 63.6 Å². The van der Waals surface area contributed by atoms with E-state index in [0.717, 1.165) is 0 Å². The maximum absolute atomic E-state index is 12.4. The van der Waals surface area contributed by atoms with E-state index in [1.54, 1.807) is 30.3 Å². The molecule has 0 aliphatic rings. The molecule has 0 aromatic heterocycles. The van der Waals surface area contributed by atoms with Crippen molar-refractivity contribution in [2.75, 3.05) is 5.32 Å². The van der Waals surface area contributed by atoms with Crippen LogP contribution in [0.1, 0.15) is 22.8 Å². The molecule has 0 heterocycles. The Labute approximate surface area is 165 Å². The molecule has 0 saturated carbocycles. The van der Waals surface area contributed by atoms with E-state index in [9.17, 15) is 14.7 Å². The van der Waals surface area contributed by atoms with Crippen LogP contribution in [-0.4, -0.2) is 29.1 Å². The van der Waals surface area contributed by atoms with Crippen LogP contribution in [0, 0.1) is 11.3 Å². The van der Waals surface area contributed by atoms with E-state index in [-0.39, 0.29) is 21.3 Å². The van der Waals surface area contributed by atoms with Crippen molar-refractivity contribution in [3.63, 3.8) is 0 Å². The summed E-state index contributed by atoms with van der Waals surface area (Å²) in [5.41, 5.74) is 5.33. The van der Waals surface area contributed by atoms with Crippen molar-refractivity contribution < 1.29 is 14.7 Å². The van der Waals surface area contributed by atoms with Crippen LogP contribution in [0.3, 0.4) is 0 Å². The Hall–Kier alpha value is -2.79. The van der Waals surface area contributed by atoms with Crippen molar-refractivity contribution in [2.45, 2.75) is 19.1 Å². The number of nitrogens with one attached hydrogen (secondary N) is 3. The van der Waals surface area contributed by atoms with Crippen LogP contribution in [-0.2, 0) is 4.79 Å². The Balaban J connectivity index is 2.09. The lowest BCUT2D eigenvalue weighted by atomic mass is 10.1. The average molecular weight is 407 g/mol. The molecule has 0 spiro atoms. The number of benzene rings is 2. The van der Waals surface area contributed by atoms with Crippen LogP contribution in [0.2, 0.25) is 10.0 Å². The lowest BCUT2D eigenvalue weighted by Crippen LogP contribution is -2.52. The van der Waals surface area contributed by atoms with Crippen molar-refractivity contribution in [1.29, 1.82) is 5.26 Å². The van der Waals surface area contributed by atoms with Crippen LogP contribution >= 0.6 is 23.2 Å². The Kier molecular flexibility index (Phi) is 7.02. The summed E-state index contributed by atoms with van der Waals surface area (Å²) in [6.07, 6.45) is -1.12. The molecule has 0 bridgehead atoms. The first-order valence-corrected chi connectivity index (χ1v) is 8.58. The van der Waals surface area contributed by atoms with Gasteiger partial charge in [0.1, 0.15) is 12.1 Å². The number of anilines is 1. The molecule has 140 valence electrons. The fraction of sp³-hybridized carbons (Fsp3) is 0.167. The third kappa shape index (κ3) is 5.11. The second kappa shape index (κ2) is 9.24. The first-order valence-electron chi connectivity index (χ1n) is 7.83. The maximum atomic E-state index is 12.4. The molecule has 0 aliphatic heterocycles. The number of aliphatic hydroxyl groups is 1. The number of amides is 2. The molecule has 0 fully saturated rings. The van der Waals surface area contributed by atoms with Gasteiger partial charge in [0.25, 0.3) is 11.8 Å². The van der Waals surface area contributed by atoms with E-state index in [1.165, 1.54) is 19.1 Å². The van der Waals surface area contributed by atoms with Gasteiger partial charge in [-0.15, -0.1) is 0 Å². The molecular formula is C18H16Cl2N4O3. The summed E-state index contributed by atoms with van der Waals surface area (Å²) in [5, 5.41) is 21.7. The number of nitrogens with zero attached hydrogens (tertiary/aromatic N) is 1. The van der Waals surface area contributed by atoms with Gasteiger partial charge < -0.3 is 10.4 Å². The number of aliphatic hydroxyl groups excluding tert-OH is 1. The largest absolute Gasteiger partial charge is 0.391 e. The summed E-state index contributed by atoms with van der Waals surface area (Å²) in [6.45, 7) is 1.40. The fourth-order valence-electron chi connectivity index (χ4n) is 2.18. The van der Waals surface area contributed by atoms with E-state index >= 15 is 0 Å². The SMILES string of the molecule is CC(O)C(Nc1ccc(C#N)c(Cl)c1Cl)C(=O)NNC(=O)c1ccccc1. The lowest BCUT2D eigenvalue weighted by molar-refractivity contribution is -0.124. The molecule has 2 aromatic carbocycles. The van der Waals surface area contributed by atoms with Crippen LogP contribution < -0.4 is 16.2 Å². The smallest absolute Gasteiger partial charge is 0.269 e. The Morgan fingerprint density at radius 2 is 1.74 bits per heavy atom. The van der Waals surface area contributed by atoms with Crippen LogP contribution in [0.25, 0.3) is 0 Å². The zero-order valence-electron chi connectivity index (χ0n) is 14.2. The summed E-state index contributed by atoms with van der Waals surface area (Å²) < 4.78 is 0. The molecule has 2 aromatic rings. The second-order valence-corrected chi connectivity index (χ2v) is 6.33. The molecule has 4 N–H and O–H groups in total. The van der Waals surface area contributed by atoms with Crippen molar-refractivity contribution in [1.82, 2.24) is 10.9 Å². The van der Waals surface area contributed by atoms with Gasteiger partial charge in [-0.25, -0.2) is 0 Å². The third-order valence-electron chi connectivity index (χ3n) is 3.61. The van der Waals surface area contributed by atoms with Crippen LogP contribution in [0.4, 0.5) is 5.69 Å². The van der Waals surface area contributed by atoms with Gasteiger partial charge in [0.15, 0.2) is 0 Å². The zero-order chi connectivity index (χ0) is 20.0. The first-order chi connectivity index (χ1) is 12.8. The van der Waals surface area contributed by atoms with E-state index in [1.807, 2.05) is 6.07 Å². The highest BCUT2D eigenvalue weighted by Crippen LogP contribution is 2.33. The topological polar surface area (TPSA) is 114 Å². The molecule has 7 nitrogen and oxygen atoms in total. The summed E-state index contributed by atoms with van der Waals surface area (Å²) >= 11 is 12.1. The molecule has 27 heavy (non-hydrogen) atoms. The average Bonchev–Trinajstić information content (AvgIpc) is 2.67. The quantitative estimate of drug-likeness (QED) is 0.569. The Morgan fingerprint density at radius 1 is 1.07 bits per heavy atom. The maximum Gasteiger partial charge on any atom is 0.269 e. The van der Waals surface area contributed by atoms with E-state index < -0.39 is 24.0 Å². The standard InChI is InChI=1S/C18H16Cl2N4O3/c1-10(25)16(22-13-8-7-12(9-21)14(19)15(13)20)18(27)24-23-17(26)11-5-3-2-4-6-11/h2-8,10,16,22,25H,1H3,(H,23,26)(H,24,27). The lowest BCUT2D eigenvalue weighted by Gasteiger charge is -2.23. The van der Waals surface area contributed by atoms with Gasteiger partial charge in [-0.1, -0.05) is 41.4 Å². The minimum atomic E-state index is -1.14. The van der Waals surface area contributed by atoms with E-state index in [0.29, 0.717) is 5.56 Å². The van der Waals surface area contributed by atoms with Gasteiger partial charge >= 0.3 is 0 Å². The molecule has 9 heteroatoms. The van der Waals surface area contributed by atoms with E-state index in [2.05, 4.69) is 16.2 Å². The number of hydrazine groups is 1. The summed E-state index contributed by atoms with van der Waals surface area (Å²) in [5.74, 6) is -1.20. The molecule has 2 amide bonds. The number of hydrogen-bond acceptors (Lipinski definition) is 5. The van der Waals surface area contributed by atoms with Gasteiger partial charge in [-0.3, -0.25) is 20.4 Å². The predicted molar refractivity (Wildman–Crippen MR) is 102 cm³/mol. The van der Waals surface area contributed by atoms with Gasteiger partial charge in [0.2, 0.25) is 0 Å². The number of carbonyl (C=O) groups is 2. The summed E-state index contributed by atoms with van der Waals surface area (Å²) in [6, 6.07) is 12.0. The molecule has 2 atom stereocenters. The van der Waals surface area contributed by atoms with Crippen molar-refractivity contribution >= 4 is 40.7 Å². The Bertz CT molecular complexity index is 882. The number of rotatable bonds is 5. The second-order valence-electron chi connectivity index (χ2n) is 5.57. The number of carbonyl (C=O) groups excluding carboxylic acids is 2. The van der Waals surface area contributed by atoms with Crippen LogP contribution in [0.5, 0.6) is 0 Å². The Morgan fingerprint density at radius 3 is 2.33 bits per heavy atom. The van der Waals surface area contributed by atoms with Gasteiger partial charge in [0, 0.05) is 5.56 Å². The number of halogens is 2. The normalized spacial score (nSPS) is 12.4.